The number of para-hydroxylation sites is 1. The molecule has 0 spiro atoms. The van der Waals surface area contributed by atoms with E-state index in [0.717, 1.165) is 18.7 Å². The lowest BCUT2D eigenvalue weighted by atomic mass is 10.0. The summed E-state index contributed by atoms with van der Waals surface area (Å²) in [5, 5.41) is 4.21. The van der Waals surface area contributed by atoms with Gasteiger partial charge in [0.2, 0.25) is 0 Å². The predicted octanol–water partition coefficient (Wildman–Crippen LogP) is 4.60. The van der Waals surface area contributed by atoms with E-state index >= 15 is 0 Å². The molecule has 2 unspecified atom stereocenters. The first-order valence-corrected chi connectivity index (χ1v) is 7.90. The Kier molecular flexibility index (Phi) is 4.79. The van der Waals surface area contributed by atoms with Gasteiger partial charge in [-0.05, 0) is 37.1 Å². The Bertz CT molecular complexity index is 566. The first-order valence-electron chi connectivity index (χ1n) is 7.52. The third-order valence-corrected chi connectivity index (χ3v) is 4.25. The Morgan fingerprint density at radius 3 is 2.57 bits per heavy atom. The molecule has 2 aromatic carbocycles. The maximum atomic E-state index is 6.23. The van der Waals surface area contributed by atoms with Crippen LogP contribution in [0.3, 0.4) is 0 Å². The second-order valence-corrected chi connectivity index (χ2v) is 5.88. The number of rotatable bonds is 5. The van der Waals surface area contributed by atoms with Crippen LogP contribution in [0, 0.1) is 0 Å². The smallest absolute Gasteiger partial charge is 0.138 e. The molecule has 2 atom stereocenters. The fourth-order valence-corrected chi connectivity index (χ4v) is 3.01. The minimum atomic E-state index is 0.0294. The summed E-state index contributed by atoms with van der Waals surface area (Å²) in [5.41, 5.74) is 1.20. The van der Waals surface area contributed by atoms with Crippen molar-refractivity contribution in [3.63, 3.8) is 0 Å². The average molecular weight is 302 g/mol. The number of hydrogen-bond donors (Lipinski definition) is 1. The SMILES string of the molecule is Clc1ccccc1OC(CC1CCCN1)c1ccccc1. The van der Waals surface area contributed by atoms with Crippen LogP contribution < -0.4 is 10.1 Å². The molecule has 0 aromatic heterocycles. The molecule has 2 aromatic rings. The highest BCUT2D eigenvalue weighted by molar-refractivity contribution is 6.32. The summed E-state index contributed by atoms with van der Waals surface area (Å²) in [6.07, 6.45) is 3.46. The van der Waals surface area contributed by atoms with E-state index in [0.29, 0.717) is 11.1 Å². The van der Waals surface area contributed by atoms with Crippen LogP contribution in [0.2, 0.25) is 5.02 Å². The lowest BCUT2D eigenvalue weighted by Gasteiger charge is -2.23. The van der Waals surface area contributed by atoms with Crippen LogP contribution in [0.5, 0.6) is 5.75 Å². The van der Waals surface area contributed by atoms with Crippen molar-refractivity contribution in [3.05, 3.63) is 65.2 Å². The van der Waals surface area contributed by atoms with Crippen LogP contribution in [0.25, 0.3) is 0 Å². The molecule has 1 heterocycles. The van der Waals surface area contributed by atoms with Gasteiger partial charge in [0.1, 0.15) is 11.9 Å². The van der Waals surface area contributed by atoms with Gasteiger partial charge < -0.3 is 10.1 Å². The van der Waals surface area contributed by atoms with Crippen molar-refractivity contribution in [2.24, 2.45) is 0 Å². The third kappa shape index (κ3) is 3.78. The molecular weight excluding hydrogens is 282 g/mol. The molecule has 0 bridgehead atoms. The van der Waals surface area contributed by atoms with Crippen LogP contribution in [0.15, 0.2) is 54.6 Å². The quantitative estimate of drug-likeness (QED) is 0.871. The zero-order valence-electron chi connectivity index (χ0n) is 12.0. The normalized spacial score (nSPS) is 19.4. The molecule has 1 saturated heterocycles. The summed E-state index contributed by atoms with van der Waals surface area (Å²) in [5.74, 6) is 0.756. The van der Waals surface area contributed by atoms with E-state index in [1.807, 2.05) is 30.3 Å². The van der Waals surface area contributed by atoms with Crippen molar-refractivity contribution < 1.29 is 4.74 Å². The highest BCUT2D eigenvalue weighted by Crippen LogP contribution is 2.32. The van der Waals surface area contributed by atoms with Gasteiger partial charge >= 0.3 is 0 Å². The van der Waals surface area contributed by atoms with E-state index in [4.69, 9.17) is 16.3 Å². The summed E-state index contributed by atoms with van der Waals surface area (Å²) in [4.78, 5) is 0. The summed E-state index contributed by atoms with van der Waals surface area (Å²) < 4.78 is 6.22. The molecule has 110 valence electrons. The Balaban J connectivity index is 1.80. The maximum Gasteiger partial charge on any atom is 0.138 e. The fraction of sp³-hybridized carbons (Fsp3) is 0.333. The van der Waals surface area contributed by atoms with Gasteiger partial charge in [-0.1, -0.05) is 54.1 Å². The van der Waals surface area contributed by atoms with E-state index in [1.54, 1.807) is 0 Å². The van der Waals surface area contributed by atoms with Crippen LogP contribution in [-0.2, 0) is 0 Å². The second-order valence-electron chi connectivity index (χ2n) is 5.48. The zero-order chi connectivity index (χ0) is 14.5. The number of nitrogens with one attached hydrogen (secondary N) is 1. The lowest BCUT2D eigenvalue weighted by Crippen LogP contribution is -2.25. The van der Waals surface area contributed by atoms with Crippen LogP contribution >= 0.6 is 11.6 Å². The summed E-state index contributed by atoms with van der Waals surface area (Å²) in [6.45, 7) is 1.11. The predicted molar refractivity (Wildman–Crippen MR) is 86.9 cm³/mol. The highest BCUT2D eigenvalue weighted by Gasteiger charge is 2.22. The molecule has 1 N–H and O–H groups in total. The van der Waals surface area contributed by atoms with Crippen LogP contribution in [0.4, 0.5) is 0 Å². The number of ether oxygens (including phenoxy) is 1. The van der Waals surface area contributed by atoms with Crippen LogP contribution in [-0.4, -0.2) is 12.6 Å². The van der Waals surface area contributed by atoms with Gasteiger partial charge in [-0.2, -0.15) is 0 Å². The van der Waals surface area contributed by atoms with Gasteiger partial charge in [0, 0.05) is 12.5 Å². The summed E-state index contributed by atoms with van der Waals surface area (Å²) in [7, 11) is 0. The van der Waals surface area contributed by atoms with E-state index in [9.17, 15) is 0 Å². The summed E-state index contributed by atoms with van der Waals surface area (Å²) >= 11 is 6.23. The molecule has 1 aliphatic heterocycles. The molecule has 0 radical (unpaired) electrons. The standard InChI is InChI=1S/C18H20ClNO/c19-16-10-4-5-11-17(16)21-18(13-15-9-6-12-20-15)14-7-2-1-3-8-14/h1-5,7-8,10-11,15,18,20H,6,9,12-13H2. The van der Waals surface area contributed by atoms with Gasteiger partial charge in [-0.25, -0.2) is 0 Å². The van der Waals surface area contributed by atoms with Gasteiger partial charge in [0.15, 0.2) is 0 Å². The number of benzene rings is 2. The fourth-order valence-electron chi connectivity index (χ4n) is 2.83. The lowest BCUT2D eigenvalue weighted by molar-refractivity contribution is 0.181. The zero-order valence-corrected chi connectivity index (χ0v) is 12.7. The molecule has 0 saturated carbocycles. The average Bonchev–Trinajstić information content (AvgIpc) is 3.03. The molecule has 0 aliphatic carbocycles. The van der Waals surface area contributed by atoms with Crippen molar-refractivity contribution in [2.45, 2.75) is 31.4 Å². The van der Waals surface area contributed by atoms with Crippen molar-refractivity contribution in [1.82, 2.24) is 5.32 Å². The maximum absolute atomic E-state index is 6.23. The molecule has 1 fully saturated rings. The minimum absolute atomic E-state index is 0.0294. The Morgan fingerprint density at radius 2 is 1.86 bits per heavy atom. The molecule has 1 aliphatic rings. The Labute approximate surface area is 131 Å². The van der Waals surface area contributed by atoms with Gasteiger partial charge in [0.05, 0.1) is 5.02 Å². The van der Waals surface area contributed by atoms with Gasteiger partial charge in [-0.3, -0.25) is 0 Å². The number of hydrogen-bond acceptors (Lipinski definition) is 2. The topological polar surface area (TPSA) is 21.3 Å². The number of halogens is 1. The van der Waals surface area contributed by atoms with E-state index < -0.39 is 0 Å². The van der Waals surface area contributed by atoms with E-state index in [2.05, 4.69) is 29.6 Å². The first-order chi connectivity index (χ1) is 10.3. The molecule has 0 amide bonds. The Hall–Kier alpha value is -1.51. The van der Waals surface area contributed by atoms with E-state index in [-0.39, 0.29) is 6.10 Å². The second kappa shape index (κ2) is 6.97. The molecule has 3 rings (SSSR count). The minimum Gasteiger partial charge on any atom is -0.484 e. The van der Waals surface area contributed by atoms with Crippen LogP contribution in [0.1, 0.15) is 30.9 Å². The molecular formula is C18H20ClNO. The van der Waals surface area contributed by atoms with Gasteiger partial charge in [-0.15, -0.1) is 0 Å². The molecule has 2 nitrogen and oxygen atoms in total. The first kappa shape index (κ1) is 14.4. The highest BCUT2D eigenvalue weighted by atomic mass is 35.5. The summed E-state index contributed by atoms with van der Waals surface area (Å²) in [6, 6.07) is 18.6. The monoisotopic (exact) mass is 301 g/mol. The van der Waals surface area contributed by atoms with Crippen molar-refractivity contribution in [3.8, 4) is 5.75 Å². The largest absolute Gasteiger partial charge is 0.484 e. The third-order valence-electron chi connectivity index (χ3n) is 3.94. The van der Waals surface area contributed by atoms with Crippen molar-refractivity contribution >= 4 is 11.6 Å². The van der Waals surface area contributed by atoms with E-state index in [1.165, 1.54) is 18.4 Å². The Morgan fingerprint density at radius 1 is 1.10 bits per heavy atom. The van der Waals surface area contributed by atoms with Gasteiger partial charge in [0.25, 0.3) is 0 Å². The molecule has 21 heavy (non-hydrogen) atoms. The molecule has 3 heteroatoms. The van der Waals surface area contributed by atoms with Crippen molar-refractivity contribution in [2.75, 3.05) is 6.54 Å². The van der Waals surface area contributed by atoms with Crippen molar-refractivity contribution in [1.29, 1.82) is 0 Å².